The van der Waals surface area contributed by atoms with Crippen molar-refractivity contribution in [3.8, 4) is 0 Å². The van der Waals surface area contributed by atoms with E-state index >= 15 is 0 Å². The molecule has 8 heteroatoms. The number of hydrogen-bond donors (Lipinski definition) is 1. The van der Waals surface area contributed by atoms with Gasteiger partial charge in [-0.15, -0.1) is 0 Å². The fourth-order valence-corrected chi connectivity index (χ4v) is 1.21. The number of aromatic nitrogens is 1. The van der Waals surface area contributed by atoms with Gasteiger partial charge < -0.3 is 5.32 Å². The summed E-state index contributed by atoms with van der Waals surface area (Å²) in [5.74, 6) is -0.0907. The Balaban J connectivity index is 2.49. The fraction of sp³-hybridized carbons (Fsp3) is 0.500. The molecule has 0 aliphatic rings. The Bertz CT molecular complexity index is 385. The molecule has 102 valence electrons. The molecule has 0 spiro atoms. The largest absolute Gasteiger partial charge is 0.416 e. The number of pyridine rings is 1. The number of anilines is 1. The second-order valence-electron chi connectivity index (χ2n) is 3.57. The summed E-state index contributed by atoms with van der Waals surface area (Å²) in [5, 5.41) is 2.42. The van der Waals surface area contributed by atoms with Gasteiger partial charge in [0.1, 0.15) is 5.82 Å². The molecule has 0 atom stereocenters. The normalized spacial score (nSPS) is 12.6. The van der Waals surface area contributed by atoms with E-state index in [4.69, 9.17) is 0 Å². The number of alkyl halides is 6. The van der Waals surface area contributed by atoms with Gasteiger partial charge in [-0.05, 0) is 18.6 Å². The van der Waals surface area contributed by atoms with Gasteiger partial charge in [0.2, 0.25) is 0 Å². The highest BCUT2D eigenvalue weighted by molar-refractivity contribution is 5.38. The Kier molecular flexibility index (Phi) is 4.42. The Morgan fingerprint density at radius 1 is 1.11 bits per heavy atom. The van der Waals surface area contributed by atoms with Crippen LogP contribution in [0.4, 0.5) is 32.2 Å². The van der Waals surface area contributed by atoms with E-state index in [1.165, 1.54) is 0 Å². The van der Waals surface area contributed by atoms with Gasteiger partial charge in [0.25, 0.3) is 0 Å². The third-order valence-electron chi connectivity index (χ3n) is 2.03. The zero-order valence-electron chi connectivity index (χ0n) is 9.07. The molecule has 1 N–H and O–H groups in total. The van der Waals surface area contributed by atoms with E-state index in [2.05, 4.69) is 10.3 Å². The van der Waals surface area contributed by atoms with E-state index in [0.29, 0.717) is 0 Å². The van der Waals surface area contributed by atoms with E-state index in [9.17, 15) is 26.3 Å². The predicted octanol–water partition coefficient (Wildman–Crippen LogP) is 3.85. The molecule has 1 rings (SSSR count). The molecule has 2 nitrogen and oxygen atoms in total. The molecular formula is C10H10F6N2. The standard InChI is InChI=1S/C10H10F6N2/c11-9(12,13)3-1-4-17-8-6-7(2-5-18-8)10(14,15)16/h2,5-6H,1,3-4H2,(H,17,18). The zero-order valence-corrected chi connectivity index (χ0v) is 9.07. The van der Waals surface area contributed by atoms with Crippen molar-refractivity contribution < 1.29 is 26.3 Å². The average Bonchev–Trinajstić information content (AvgIpc) is 2.22. The van der Waals surface area contributed by atoms with Crippen molar-refractivity contribution >= 4 is 5.82 Å². The van der Waals surface area contributed by atoms with Crippen LogP contribution in [0.3, 0.4) is 0 Å². The summed E-state index contributed by atoms with van der Waals surface area (Å²) in [5.41, 5.74) is -0.893. The lowest BCUT2D eigenvalue weighted by molar-refractivity contribution is -0.137. The molecule has 0 saturated carbocycles. The molecule has 0 aliphatic carbocycles. The van der Waals surface area contributed by atoms with Crippen LogP contribution in [0.2, 0.25) is 0 Å². The summed E-state index contributed by atoms with van der Waals surface area (Å²) in [4.78, 5) is 3.59. The van der Waals surface area contributed by atoms with Gasteiger partial charge in [0.15, 0.2) is 0 Å². The second-order valence-corrected chi connectivity index (χ2v) is 3.57. The highest BCUT2D eigenvalue weighted by Crippen LogP contribution is 2.29. The molecule has 1 aromatic rings. The smallest absolute Gasteiger partial charge is 0.370 e. The third kappa shape index (κ3) is 5.24. The predicted molar refractivity (Wildman–Crippen MR) is 53.0 cm³/mol. The average molecular weight is 272 g/mol. The quantitative estimate of drug-likeness (QED) is 0.665. The molecule has 18 heavy (non-hydrogen) atoms. The SMILES string of the molecule is FC(F)(F)CCCNc1cc(C(F)(F)F)ccn1. The molecular weight excluding hydrogens is 262 g/mol. The van der Waals surface area contributed by atoms with Gasteiger partial charge in [-0.1, -0.05) is 0 Å². The number of nitrogens with one attached hydrogen (secondary N) is 1. The summed E-state index contributed by atoms with van der Waals surface area (Å²) >= 11 is 0. The molecule has 0 aliphatic heterocycles. The Morgan fingerprint density at radius 2 is 1.78 bits per heavy atom. The monoisotopic (exact) mass is 272 g/mol. The number of halogens is 6. The number of hydrogen-bond acceptors (Lipinski definition) is 2. The lowest BCUT2D eigenvalue weighted by Crippen LogP contribution is -2.12. The maximum absolute atomic E-state index is 12.3. The Hall–Kier alpha value is -1.47. The molecule has 0 bridgehead atoms. The fourth-order valence-electron chi connectivity index (χ4n) is 1.21. The van der Waals surface area contributed by atoms with Crippen molar-refractivity contribution in [1.29, 1.82) is 0 Å². The third-order valence-corrected chi connectivity index (χ3v) is 2.03. The minimum absolute atomic E-state index is 0.0895. The first-order valence-electron chi connectivity index (χ1n) is 5.02. The Morgan fingerprint density at radius 3 is 2.33 bits per heavy atom. The van der Waals surface area contributed by atoms with E-state index in [1.54, 1.807) is 0 Å². The van der Waals surface area contributed by atoms with E-state index in [0.717, 1.165) is 18.3 Å². The van der Waals surface area contributed by atoms with E-state index in [-0.39, 0.29) is 18.8 Å². The Labute approximate surface area is 99.0 Å². The van der Waals surface area contributed by atoms with Crippen molar-refractivity contribution in [2.24, 2.45) is 0 Å². The van der Waals surface area contributed by atoms with Crippen LogP contribution in [0.5, 0.6) is 0 Å². The highest BCUT2D eigenvalue weighted by Gasteiger charge is 2.30. The summed E-state index contributed by atoms with van der Waals surface area (Å²) in [6.45, 7) is -0.0895. The first-order chi connectivity index (χ1) is 8.18. The summed E-state index contributed by atoms with van der Waals surface area (Å²) < 4.78 is 72.4. The minimum Gasteiger partial charge on any atom is -0.370 e. The van der Waals surface area contributed by atoms with Crippen LogP contribution in [-0.4, -0.2) is 17.7 Å². The molecule has 0 unspecified atom stereocenters. The molecule has 0 amide bonds. The van der Waals surface area contributed by atoms with Gasteiger partial charge >= 0.3 is 12.4 Å². The number of rotatable bonds is 4. The highest BCUT2D eigenvalue weighted by atomic mass is 19.4. The van der Waals surface area contributed by atoms with Crippen molar-refractivity contribution in [2.75, 3.05) is 11.9 Å². The van der Waals surface area contributed by atoms with Crippen LogP contribution in [-0.2, 0) is 6.18 Å². The number of nitrogens with zero attached hydrogens (tertiary/aromatic N) is 1. The van der Waals surface area contributed by atoms with Crippen LogP contribution in [0.15, 0.2) is 18.3 Å². The van der Waals surface area contributed by atoms with Crippen LogP contribution in [0.25, 0.3) is 0 Å². The molecule has 0 fully saturated rings. The second kappa shape index (κ2) is 5.45. The lowest BCUT2D eigenvalue weighted by Gasteiger charge is -2.10. The summed E-state index contributed by atoms with van der Waals surface area (Å²) in [6, 6.07) is 1.55. The minimum atomic E-state index is -4.49. The van der Waals surface area contributed by atoms with Gasteiger partial charge in [-0.3, -0.25) is 0 Å². The maximum atomic E-state index is 12.3. The van der Waals surface area contributed by atoms with Crippen LogP contribution >= 0.6 is 0 Å². The summed E-state index contributed by atoms with van der Waals surface area (Å²) in [7, 11) is 0. The van der Waals surface area contributed by atoms with Crippen LogP contribution < -0.4 is 5.32 Å². The van der Waals surface area contributed by atoms with E-state index < -0.39 is 24.3 Å². The molecule has 0 aromatic carbocycles. The van der Waals surface area contributed by atoms with Crippen LogP contribution in [0, 0.1) is 0 Å². The van der Waals surface area contributed by atoms with E-state index in [1.807, 2.05) is 0 Å². The van der Waals surface area contributed by atoms with Crippen molar-refractivity contribution in [2.45, 2.75) is 25.2 Å². The van der Waals surface area contributed by atoms with Crippen molar-refractivity contribution in [3.05, 3.63) is 23.9 Å². The summed E-state index contributed by atoms with van der Waals surface area (Å²) in [6.07, 6.45) is -9.01. The van der Waals surface area contributed by atoms with Gasteiger partial charge in [0, 0.05) is 19.2 Å². The van der Waals surface area contributed by atoms with Crippen LogP contribution in [0.1, 0.15) is 18.4 Å². The molecule has 0 radical (unpaired) electrons. The van der Waals surface area contributed by atoms with Crippen molar-refractivity contribution in [3.63, 3.8) is 0 Å². The zero-order chi connectivity index (χ0) is 13.8. The van der Waals surface area contributed by atoms with Gasteiger partial charge in [-0.2, -0.15) is 26.3 Å². The molecule has 1 aromatic heterocycles. The molecule has 1 heterocycles. The first kappa shape index (κ1) is 14.6. The maximum Gasteiger partial charge on any atom is 0.416 e. The first-order valence-corrected chi connectivity index (χ1v) is 5.02. The topological polar surface area (TPSA) is 24.9 Å². The van der Waals surface area contributed by atoms with Gasteiger partial charge in [0.05, 0.1) is 5.56 Å². The lowest BCUT2D eigenvalue weighted by atomic mass is 10.2. The van der Waals surface area contributed by atoms with Gasteiger partial charge in [-0.25, -0.2) is 4.98 Å². The molecule has 0 saturated heterocycles. The van der Waals surface area contributed by atoms with Crippen molar-refractivity contribution in [1.82, 2.24) is 4.98 Å².